The van der Waals surface area contributed by atoms with Crippen LogP contribution in [0.5, 0.6) is 0 Å². The van der Waals surface area contributed by atoms with Crippen molar-refractivity contribution in [1.82, 2.24) is 0 Å². The normalized spacial score (nSPS) is 10.9. The molecule has 1 radical (unpaired) electrons. The van der Waals surface area contributed by atoms with Crippen molar-refractivity contribution in [2.24, 2.45) is 0 Å². The number of hydrogen-bond acceptors (Lipinski definition) is 0. The SMILES string of the molecule is C[SiH]C.Cc1cc(C(C)(C)C)[cH-]c1C.Cc1cc(C(C)(C)C)[cH-]c1C.[Cl][Os][Cl]. The van der Waals surface area contributed by atoms with Gasteiger partial charge in [-0.05, 0) is 10.8 Å². The Kier molecular flexibility index (Phi) is 15.4. The number of rotatable bonds is 0. The second-order valence-corrected chi connectivity index (χ2v) is 14.2. The molecule has 0 bridgehead atoms. The predicted molar refractivity (Wildman–Crippen MR) is 131 cm³/mol. The summed E-state index contributed by atoms with van der Waals surface area (Å²) in [6.45, 7) is 26.6. The van der Waals surface area contributed by atoms with Crippen molar-refractivity contribution in [2.75, 3.05) is 0 Å². The molecule has 28 heavy (non-hydrogen) atoms. The molecule has 0 aliphatic heterocycles. The van der Waals surface area contributed by atoms with Crippen LogP contribution in [0.2, 0.25) is 13.1 Å². The van der Waals surface area contributed by atoms with Gasteiger partial charge in [0, 0.05) is 9.52 Å². The van der Waals surface area contributed by atoms with Gasteiger partial charge in [-0.1, -0.05) is 82.3 Å². The van der Waals surface area contributed by atoms with Crippen LogP contribution in [-0.2, 0) is 26.2 Å². The van der Waals surface area contributed by atoms with Crippen molar-refractivity contribution in [3.63, 3.8) is 0 Å². The van der Waals surface area contributed by atoms with Gasteiger partial charge in [0.15, 0.2) is 0 Å². The van der Waals surface area contributed by atoms with Gasteiger partial charge in [0.2, 0.25) is 0 Å². The number of aryl methyl sites for hydroxylation is 4. The molecule has 0 nitrogen and oxygen atoms in total. The van der Waals surface area contributed by atoms with E-state index in [1.807, 2.05) is 0 Å². The fourth-order valence-corrected chi connectivity index (χ4v) is 2.34. The summed E-state index contributed by atoms with van der Waals surface area (Å²) in [6.07, 6.45) is 0. The van der Waals surface area contributed by atoms with Crippen LogP contribution >= 0.6 is 19.3 Å². The molecule has 2 aromatic rings. The maximum absolute atomic E-state index is 4.90. The summed E-state index contributed by atoms with van der Waals surface area (Å²) >= 11 is -0.639. The molecule has 0 aromatic heterocycles. The van der Waals surface area contributed by atoms with Gasteiger partial charge in [-0.3, -0.25) is 0 Å². The molecule has 2 aromatic carbocycles. The molecule has 4 heteroatoms. The molecule has 0 unspecified atom stereocenters. The average Bonchev–Trinajstić information content (AvgIpc) is 3.04. The van der Waals surface area contributed by atoms with Gasteiger partial charge in [0.05, 0.1) is 0 Å². The second-order valence-electron chi connectivity index (χ2n) is 9.35. The zero-order valence-electron chi connectivity index (χ0n) is 20.0. The maximum atomic E-state index is 4.90. The van der Waals surface area contributed by atoms with Crippen LogP contribution in [0.1, 0.15) is 74.9 Å². The van der Waals surface area contributed by atoms with Crippen LogP contribution in [0.4, 0.5) is 0 Å². The van der Waals surface area contributed by atoms with E-state index in [0.29, 0.717) is 10.8 Å². The summed E-state index contributed by atoms with van der Waals surface area (Å²) in [5.74, 6) is 0. The summed E-state index contributed by atoms with van der Waals surface area (Å²) in [4.78, 5) is 0. The Hall–Kier alpha value is 0.133. The first-order valence-electron chi connectivity index (χ1n) is 9.73. The summed E-state index contributed by atoms with van der Waals surface area (Å²) in [5.41, 5.74) is 9.16. The van der Waals surface area contributed by atoms with Crippen LogP contribution < -0.4 is 0 Å². The third kappa shape index (κ3) is 12.6. The van der Waals surface area contributed by atoms with E-state index >= 15 is 0 Å². The zero-order chi connectivity index (χ0) is 22.7. The first-order chi connectivity index (χ1) is 12.6. The zero-order valence-corrected chi connectivity index (χ0v) is 25.2. The minimum atomic E-state index is -0.639. The van der Waals surface area contributed by atoms with Crippen molar-refractivity contribution in [1.29, 1.82) is 0 Å². The van der Waals surface area contributed by atoms with Crippen LogP contribution in [0.15, 0.2) is 24.3 Å². The Labute approximate surface area is 194 Å². The Morgan fingerprint density at radius 1 is 0.714 bits per heavy atom. The summed E-state index contributed by atoms with van der Waals surface area (Å²) in [6, 6.07) is 9.15. The van der Waals surface area contributed by atoms with Crippen LogP contribution in [-0.4, -0.2) is 9.52 Å². The number of halogens is 2. The van der Waals surface area contributed by atoms with Gasteiger partial charge in [-0.15, -0.1) is 0 Å². The second kappa shape index (κ2) is 14.2. The summed E-state index contributed by atoms with van der Waals surface area (Å²) in [7, 11) is 10.6. The van der Waals surface area contributed by atoms with Crippen LogP contribution in [0.25, 0.3) is 0 Å². The quantitative estimate of drug-likeness (QED) is 0.205. The van der Waals surface area contributed by atoms with Crippen molar-refractivity contribution >= 4 is 28.8 Å². The third-order valence-corrected chi connectivity index (χ3v) is 4.46. The fourth-order valence-electron chi connectivity index (χ4n) is 2.34. The van der Waals surface area contributed by atoms with Gasteiger partial charge in [-0.25, -0.2) is 12.1 Å². The fraction of sp³-hybridized carbons (Fsp3) is 0.583. The summed E-state index contributed by atoms with van der Waals surface area (Å²) in [5, 5.41) is 0. The standard InChI is InChI=1S/2C11H17.C2H7Si.2ClH.Os/c2*1-8-6-10(7-9(8)2)11(3,4)5;1-3-2;;;/h2*6-7H,1-5H3;3H,1-2H3;2*1H;/q2*-1;;;;+2/p-2. The molecule has 0 fully saturated rings. The van der Waals surface area contributed by atoms with Crippen molar-refractivity contribution in [3.05, 3.63) is 57.6 Å². The van der Waals surface area contributed by atoms with Crippen LogP contribution in [0, 0.1) is 27.7 Å². The molecule has 165 valence electrons. The molecule has 0 amide bonds. The predicted octanol–water partition coefficient (Wildman–Crippen LogP) is 8.54. The monoisotopic (exact) mass is 619 g/mol. The minimum absolute atomic E-state index is 0.305. The third-order valence-electron chi connectivity index (χ3n) is 4.46. The van der Waals surface area contributed by atoms with E-state index in [2.05, 4.69) is 107 Å². The number of hydrogen-bond donors (Lipinski definition) is 0. The first-order valence-corrected chi connectivity index (χ1v) is 18.3. The first kappa shape index (κ1) is 30.3. The molecule has 0 saturated heterocycles. The van der Waals surface area contributed by atoms with E-state index < -0.39 is 15.4 Å². The average molecular weight is 619 g/mol. The van der Waals surface area contributed by atoms with E-state index in [0.717, 1.165) is 9.52 Å². The van der Waals surface area contributed by atoms with Gasteiger partial charge in [0.1, 0.15) is 0 Å². The van der Waals surface area contributed by atoms with Gasteiger partial charge < -0.3 is 0 Å². The molecular formula is C24H41Cl2OsSi-2. The molecule has 0 saturated carbocycles. The molecule has 0 aliphatic rings. The molecule has 0 aliphatic carbocycles. The molecule has 0 spiro atoms. The Morgan fingerprint density at radius 3 is 1.00 bits per heavy atom. The van der Waals surface area contributed by atoms with E-state index in [-0.39, 0.29) is 0 Å². The van der Waals surface area contributed by atoms with Crippen molar-refractivity contribution in [2.45, 2.75) is 93.2 Å². The van der Waals surface area contributed by atoms with E-state index in [4.69, 9.17) is 19.3 Å². The van der Waals surface area contributed by atoms with Gasteiger partial charge in [-0.2, -0.15) is 45.5 Å². The van der Waals surface area contributed by atoms with E-state index in [1.165, 1.54) is 33.4 Å². The summed E-state index contributed by atoms with van der Waals surface area (Å²) < 4.78 is 0. The van der Waals surface area contributed by atoms with Crippen molar-refractivity contribution in [3.8, 4) is 0 Å². The molecule has 0 N–H and O–H groups in total. The topological polar surface area (TPSA) is 0 Å². The molecule has 0 heterocycles. The Morgan fingerprint density at radius 2 is 0.929 bits per heavy atom. The van der Waals surface area contributed by atoms with E-state index in [1.54, 1.807) is 0 Å². The van der Waals surface area contributed by atoms with Gasteiger partial charge >= 0.3 is 34.7 Å². The molecule has 0 atom stereocenters. The van der Waals surface area contributed by atoms with Crippen LogP contribution in [0.3, 0.4) is 0 Å². The molecule has 2 rings (SSSR count). The van der Waals surface area contributed by atoms with Gasteiger partial charge in [0.25, 0.3) is 0 Å². The Balaban J connectivity index is 0. The Bertz CT molecular complexity index is 558. The van der Waals surface area contributed by atoms with E-state index in [9.17, 15) is 0 Å². The van der Waals surface area contributed by atoms with Crippen molar-refractivity contribution < 1.29 is 15.4 Å². The molecular weight excluding hydrogens is 577 g/mol.